The van der Waals surface area contributed by atoms with E-state index >= 15 is 0 Å². The van der Waals surface area contributed by atoms with Gasteiger partial charge in [-0.1, -0.05) is 18.1 Å². The van der Waals surface area contributed by atoms with Gasteiger partial charge >= 0.3 is 12.1 Å². The Balaban J connectivity index is 1.48. The van der Waals surface area contributed by atoms with Crippen molar-refractivity contribution in [3.8, 4) is 18.1 Å². The number of halogens is 5. The van der Waals surface area contributed by atoms with Crippen molar-refractivity contribution < 1.29 is 50.9 Å². The van der Waals surface area contributed by atoms with Crippen LogP contribution in [0.4, 0.5) is 22.0 Å². The number of benzene rings is 3. The molecular weight excluding hydrogens is 689 g/mol. The molecule has 276 valence electrons. The molecule has 3 aromatic rings. The molecule has 2 fully saturated rings. The maximum Gasteiger partial charge on any atom is 0.491 e. The number of aliphatic hydroxyl groups is 1. The van der Waals surface area contributed by atoms with Crippen LogP contribution in [0.1, 0.15) is 68.7 Å². The number of rotatable bonds is 13. The number of aliphatic hydroxyl groups excluding tert-OH is 1. The molecule has 14 heteroatoms. The first-order chi connectivity index (χ1) is 24.6. The van der Waals surface area contributed by atoms with Gasteiger partial charge in [0.2, 0.25) is 0 Å². The van der Waals surface area contributed by atoms with Crippen LogP contribution in [-0.4, -0.2) is 79.0 Å². The summed E-state index contributed by atoms with van der Waals surface area (Å²) in [5.74, 6) is -4.71. The highest BCUT2D eigenvalue weighted by molar-refractivity contribution is 6.05. The van der Waals surface area contributed by atoms with Gasteiger partial charge in [0.15, 0.2) is 5.75 Å². The molecule has 1 aliphatic carbocycles. The topological polar surface area (TPSA) is 117 Å². The lowest BCUT2D eigenvalue weighted by Crippen LogP contribution is -2.50. The third kappa shape index (κ3) is 8.96. The molecule has 3 aromatic carbocycles. The number of likely N-dealkylation sites (tertiary alicyclic amines) is 1. The summed E-state index contributed by atoms with van der Waals surface area (Å²) in [5.41, 5.74) is 0.285. The smallest absolute Gasteiger partial charge is 0.418 e. The molecule has 0 spiro atoms. The standard InChI is InChI=1S/C38H38F5N3O6/c1-4-23-7-5-8-25(15-23)37(10-11-37)44-20-32(47)31(18-24-16-26(39)19-27(40)17-24)45-34(48)29-13-22(2)14-30(33(29)52-36(50)38(41,42)43)35(49)46-12-6-9-28(46)21-51-3/h1,5,7-8,13-17,19,28,31-32,44,47H,6,9-12,18,20-21H2,2-3H3,(H,45,48)/t28-,31+,32-/m1/s1. The quantitative estimate of drug-likeness (QED) is 0.0988. The minimum atomic E-state index is -5.48. The first kappa shape index (κ1) is 38.4. The molecule has 5 rings (SSSR count). The first-order valence-corrected chi connectivity index (χ1v) is 16.6. The van der Waals surface area contributed by atoms with Crippen molar-refractivity contribution in [3.63, 3.8) is 0 Å². The van der Waals surface area contributed by atoms with Gasteiger partial charge in [0.25, 0.3) is 11.8 Å². The predicted molar refractivity (Wildman–Crippen MR) is 179 cm³/mol. The number of ether oxygens (including phenoxy) is 2. The molecule has 52 heavy (non-hydrogen) atoms. The second kappa shape index (κ2) is 15.8. The summed E-state index contributed by atoms with van der Waals surface area (Å²) in [7, 11) is 1.44. The first-order valence-electron chi connectivity index (χ1n) is 16.6. The molecule has 3 N–H and O–H groups in total. The Hall–Kier alpha value is -4.84. The Morgan fingerprint density at radius 3 is 2.40 bits per heavy atom. The summed E-state index contributed by atoms with van der Waals surface area (Å²) >= 11 is 0. The number of methoxy groups -OCH3 is 1. The number of carbonyl (C=O) groups is 3. The molecule has 0 bridgehead atoms. The van der Waals surface area contributed by atoms with E-state index in [0.29, 0.717) is 37.3 Å². The largest absolute Gasteiger partial charge is 0.491 e. The number of nitrogens with one attached hydrogen (secondary N) is 2. The van der Waals surface area contributed by atoms with Crippen LogP contribution in [0.3, 0.4) is 0 Å². The lowest BCUT2D eigenvalue weighted by Gasteiger charge is -2.28. The van der Waals surface area contributed by atoms with Crippen molar-refractivity contribution >= 4 is 17.8 Å². The van der Waals surface area contributed by atoms with Gasteiger partial charge in [-0.25, -0.2) is 13.6 Å². The van der Waals surface area contributed by atoms with Crippen LogP contribution in [0.15, 0.2) is 54.6 Å². The SMILES string of the molecule is C#Cc1cccc(C2(NC[C@@H](O)[C@H](Cc3cc(F)cc(F)c3)NC(=O)c3cc(C)cc(C(=O)N4CCC[C@@H]4COC)c3OC(=O)C(F)(F)F)CC2)c1. The van der Waals surface area contributed by atoms with E-state index in [-0.39, 0.29) is 37.2 Å². The van der Waals surface area contributed by atoms with Crippen LogP contribution in [0, 0.1) is 30.9 Å². The normalized spacial score (nSPS) is 17.6. The van der Waals surface area contributed by atoms with Gasteiger partial charge in [-0.3, -0.25) is 9.59 Å². The van der Waals surface area contributed by atoms with Gasteiger partial charge in [-0.15, -0.1) is 6.42 Å². The lowest BCUT2D eigenvalue weighted by atomic mass is 9.97. The van der Waals surface area contributed by atoms with Gasteiger partial charge in [-0.2, -0.15) is 13.2 Å². The number of nitrogens with zero attached hydrogens (tertiary/aromatic N) is 1. The van der Waals surface area contributed by atoms with Gasteiger partial charge in [0, 0.05) is 37.4 Å². The van der Waals surface area contributed by atoms with Gasteiger partial charge in [0.05, 0.1) is 35.9 Å². The molecule has 1 aliphatic heterocycles. The molecule has 1 saturated heterocycles. The third-order valence-corrected chi connectivity index (χ3v) is 9.27. The van der Waals surface area contributed by atoms with E-state index in [2.05, 4.69) is 16.6 Å². The number of hydrogen-bond donors (Lipinski definition) is 3. The second-order valence-electron chi connectivity index (χ2n) is 13.1. The number of hydrogen-bond acceptors (Lipinski definition) is 7. The average molecular weight is 728 g/mol. The monoisotopic (exact) mass is 727 g/mol. The van der Waals surface area contributed by atoms with Crippen molar-refractivity contribution in [2.75, 3.05) is 26.8 Å². The van der Waals surface area contributed by atoms with Gasteiger partial charge in [0.1, 0.15) is 11.6 Å². The van der Waals surface area contributed by atoms with Gasteiger partial charge in [-0.05, 0) is 92.1 Å². The minimum absolute atomic E-state index is 0.0618. The molecule has 0 unspecified atom stereocenters. The number of esters is 1. The molecule has 0 radical (unpaired) electrons. The summed E-state index contributed by atoms with van der Waals surface area (Å²) in [6, 6.07) is 10.6. The van der Waals surface area contributed by atoms with Crippen molar-refractivity contribution in [1.29, 1.82) is 0 Å². The summed E-state index contributed by atoms with van der Waals surface area (Å²) in [6.07, 6.45) is 0.901. The number of aryl methyl sites for hydroxylation is 1. The molecule has 1 saturated carbocycles. The zero-order valence-electron chi connectivity index (χ0n) is 28.5. The Morgan fingerprint density at radius 2 is 1.77 bits per heavy atom. The highest BCUT2D eigenvalue weighted by Crippen LogP contribution is 2.45. The molecule has 3 atom stereocenters. The van der Waals surface area contributed by atoms with Crippen LogP contribution >= 0.6 is 0 Å². The summed E-state index contributed by atoms with van der Waals surface area (Å²) < 4.78 is 78.9. The maximum atomic E-state index is 14.2. The van der Waals surface area contributed by atoms with Crippen LogP contribution in [0.25, 0.3) is 0 Å². The zero-order chi connectivity index (χ0) is 37.8. The minimum Gasteiger partial charge on any atom is -0.418 e. The molecular formula is C38H38F5N3O6. The Kier molecular flexibility index (Phi) is 11.7. The lowest BCUT2D eigenvalue weighted by molar-refractivity contribution is -0.189. The van der Waals surface area contributed by atoms with E-state index in [1.807, 2.05) is 12.1 Å². The fraction of sp³-hybridized carbons (Fsp3) is 0.395. The highest BCUT2D eigenvalue weighted by Gasteiger charge is 2.45. The Morgan fingerprint density at radius 1 is 1.08 bits per heavy atom. The van der Waals surface area contributed by atoms with Crippen molar-refractivity contribution in [3.05, 3.63) is 99.6 Å². The molecule has 2 amide bonds. The summed E-state index contributed by atoms with van der Waals surface area (Å²) in [6.45, 7) is 1.75. The number of amides is 2. The van der Waals surface area contributed by atoms with Crippen LogP contribution in [-0.2, 0) is 21.5 Å². The summed E-state index contributed by atoms with van der Waals surface area (Å²) in [4.78, 5) is 41.4. The molecule has 1 heterocycles. The van der Waals surface area contributed by atoms with E-state index < -0.39 is 76.2 Å². The van der Waals surface area contributed by atoms with E-state index in [1.165, 1.54) is 25.0 Å². The van der Waals surface area contributed by atoms with Gasteiger partial charge < -0.3 is 30.1 Å². The van der Waals surface area contributed by atoms with E-state index in [4.69, 9.17) is 15.9 Å². The average Bonchev–Trinajstić information content (AvgIpc) is 3.75. The van der Waals surface area contributed by atoms with Crippen LogP contribution in [0.5, 0.6) is 5.75 Å². The molecule has 2 aliphatic rings. The highest BCUT2D eigenvalue weighted by atomic mass is 19.4. The molecule has 0 aromatic heterocycles. The number of carbonyl (C=O) groups excluding carboxylic acids is 3. The summed E-state index contributed by atoms with van der Waals surface area (Å²) in [5, 5.41) is 17.3. The van der Waals surface area contributed by atoms with Crippen LogP contribution < -0.4 is 15.4 Å². The van der Waals surface area contributed by atoms with E-state index in [0.717, 1.165) is 23.8 Å². The van der Waals surface area contributed by atoms with Crippen molar-refractivity contribution in [1.82, 2.24) is 15.5 Å². The second-order valence-corrected chi connectivity index (χ2v) is 13.1. The van der Waals surface area contributed by atoms with Crippen molar-refractivity contribution in [2.24, 2.45) is 0 Å². The van der Waals surface area contributed by atoms with E-state index in [9.17, 15) is 41.4 Å². The third-order valence-electron chi connectivity index (χ3n) is 9.27. The van der Waals surface area contributed by atoms with Crippen LogP contribution in [0.2, 0.25) is 0 Å². The fourth-order valence-electron chi connectivity index (χ4n) is 6.54. The zero-order valence-corrected chi connectivity index (χ0v) is 28.5. The fourth-order valence-corrected chi connectivity index (χ4v) is 6.54. The van der Waals surface area contributed by atoms with Crippen molar-refractivity contribution in [2.45, 2.75) is 68.9 Å². The number of terminal acetylenes is 1. The molecule has 9 nitrogen and oxygen atoms in total. The Labute approximate surface area is 297 Å². The Bertz CT molecular complexity index is 1850. The number of alkyl halides is 3. The maximum absolute atomic E-state index is 14.2. The predicted octanol–water partition coefficient (Wildman–Crippen LogP) is 4.95. The van der Waals surface area contributed by atoms with E-state index in [1.54, 1.807) is 12.1 Å².